The van der Waals surface area contributed by atoms with E-state index >= 15 is 0 Å². The quantitative estimate of drug-likeness (QED) is 0.771. The minimum atomic E-state index is -0.0842. The Hall–Kier alpha value is -1.36. The largest absolute Gasteiger partial charge is 0.352 e. The average Bonchev–Trinajstić information content (AvgIpc) is 2.74. The van der Waals surface area contributed by atoms with E-state index in [9.17, 15) is 4.79 Å². The molecule has 1 aliphatic heterocycles. The summed E-state index contributed by atoms with van der Waals surface area (Å²) in [6.45, 7) is 5.04. The molecule has 0 spiro atoms. The minimum Gasteiger partial charge on any atom is -0.352 e. The number of aromatic nitrogens is 2. The highest BCUT2D eigenvalue weighted by atomic mass is 16.1. The molecule has 5 heteroatoms. The van der Waals surface area contributed by atoms with Crippen molar-refractivity contribution in [2.24, 2.45) is 0 Å². The van der Waals surface area contributed by atoms with Crippen molar-refractivity contribution in [3.8, 4) is 0 Å². The summed E-state index contributed by atoms with van der Waals surface area (Å²) >= 11 is 0. The molecule has 2 heterocycles. The first-order valence-corrected chi connectivity index (χ1v) is 5.83. The number of H-pyrrole nitrogens is 1. The van der Waals surface area contributed by atoms with Crippen molar-refractivity contribution in [2.75, 3.05) is 24.5 Å². The molecule has 1 atom stereocenters. The molecule has 0 radical (unpaired) electrons. The van der Waals surface area contributed by atoms with E-state index in [1.807, 2.05) is 0 Å². The molecule has 1 aromatic rings. The summed E-state index contributed by atoms with van der Waals surface area (Å²) in [5.74, 6) is 0.796. The van der Waals surface area contributed by atoms with Gasteiger partial charge in [-0.25, -0.2) is 4.98 Å². The Morgan fingerprint density at radius 1 is 1.69 bits per heavy atom. The third-order valence-electron chi connectivity index (χ3n) is 2.97. The molecule has 88 valence electrons. The van der Waals surface area contributed by atoms with Crippen molar-refractivity contribution in [3.05, 3.63) is 22.7 Å². The summed E-state index contributed by atoms with van der Waals surface area (Å²) in [5, 5.41) is 3.35. The summed E-state index contributed by atoms with van der Waals surface area (Å²) in [7, 11) is 0. The summed E-state index contributed by atoms with van der Waals surface area (Å²) < 4.78 is 0. The Balaban J connectivity index is 2.10. The first-order chi connectivity index (χ1) is 7.81. The third kappa shape index (κ3) is 2.41. The second-order valence-electron chi connectivity index (χ2n) is 4.07. The molecule has 1 fully saturated rings. The lowest BCUT2D eigenvalue weighted by atomic mass is 10.2. The van der Waals surface area contributed by atoms with Crippen LogP contribution in [0.4, 0.5) is 5.82 Å². The number of hydrogen-bond acceptors (Lipinski definition) is 4. The fourth-order valence-electron chi connectivity index (χ4n) is 2.18. The smallest absolute Gasteiger partial charge is 0.252 e. The van der Waals surface area contributed by atoms with Gasteiger partial charge >= 0.3 is 0 Å². The molecule has 2 N–H and O–H groups in total. The highest BCUT2D eigenvalue weighted by Gasteiger charge is 2.25. The van der Waals surface area contributed by atoms with E-state index in [1.54, 1.807) is 6.07 Å². The van der Waals surface area contributed by atoms with Gasteiger partial charge in [0.2, 0.25) is 0 Å². The van der Waals surface area contributed by atoms with E-state index in [0.29, 0.717) is 6.04 Å². The first kappa shape index (κ1) is 11.1. The van der Waals surface area contributed by atoms with Gasteiger partial charge in [-0.1, -0.05) is 6.92 Å². The second-order valence-corrected chi connectivity index (χ2v) is 4.07. The van der Waals surface area contributed by atoms with Gasteiger partial charge in [-0.2, -0.15) is 0 Å². The van der Waals surface area contributed by atoms with Gasteiger partial charge < -0.3 is 15.2 Å². The maximum atomic E-state index is 11.2. The summed E-state index contributed by atoms with van der Waals surface area (Å²) in [5.41, 5.74) is -0.0842. The average molecular weight is 222 g/mol. The van der Waals surface area contributed by atoms with Crippen molar-refractivity contribution < 1.29 is 0 Å². The van der Waals surface area contributed by atoms with E-state index in [4.69, 9.17) is 0 Å². The minimum absolute atomic E-state index is 0.0842. The molecular weight excluding hydrogens is 204 g/mol. The van der Waals surface area contributed by atoms with Crippen LogP contribution in [0, 0.1) is 0 Å². The zero-order valence-corrected chi connectivity index (χ0v) is 9.57. The van der Waals surface area contributed by atoms with Crippen LogP contribution in [0.25, 0.3) is 0 Å². The highest BCUT2D eigenvalue weighted by molar-refractivity contribution is 5.39. The maximum Gasteiger partial charge on any atom is 0.252 e. The van der Waals surface area contributed by atoms with Crippen LogP contribution in [0.5, 0.6) is 0 Å². The number of hydrogen-bond donors (Lipinski definition) is 2. The lowest BCUT2D eigenvalue weighted by Crippen LogP contribution is -2.38. The van der Waals surface area contributed by atoms with Gasteiger partial charge in [-0.3, -0.25) is 4.79 Å². The topological polar surface area (TPSA) is 61.0 Å². The SMILES string of the molecule is CCNCC1CCCN1c1cc(=O)[nH]cn1. The van der Waals surface area contributed by atoms with Crippen LogP contribution in [0.2, 0.25) is 0 Å². The zero-order valence-electron chi connectivity index (χ0n) is 9.57. The fraction of sp³-hybridized carbons (Fsp3) is 0.636. The molecule has 0 aromatic carbocycles. The van der Waals surface area contributed by atoms with Gasteiger partial charge in [0.25, 0.3) is 5.56 Å². The normalized spacial score (nSPS) is 20.3. The van der Waals surface area contributed by atoms with Gasteiger partial charge in [0.05, 0.1) is 6.33 Å². The van der Waals surface area contributed by atoms with E-state index < -0.39 is 0 Å². The Morgan fingerprint density at radius 2 is 2.56 bits per heavy atom. The van der Waals surface area contributed by atoms with Gasteiger partial charge in [0.1, 0.15) is 5.82 Å². The third-order valence-corrected chi connectivity index (χ3v) is 2.97. The molecule has 1 unspecified atom stereocenters. The molecule has 1 aromatic heterocycles. The van der Waals surface area contributed by atoms with Crippen molar-refractivity contribution in [3.63, 3.8) is 0 Å². The lowest BCUT2D eigenvalue weighted by molar-refractivity contribution is 0.584. The van der Waals surface area contributed by atoms with Crippen LogP contribution >= 0.6 is 0 Å². The van der Waals surface area contributed by atoms with E-state index in [0.717, 1.165) is 25.5 Å². The van der Waals surface area contributed by atoms with Crippen molar-refractivity contribution >= 4 is 5.82 Å². The fourth-order valence-corrected chi connectivity index (χ4v) is 2.18. The Morgan fingerprint density at radius 3 is 3.31 bits per heavy atom. The molecule has 0 bridgehead atoms. The standard InChI is InChI=1S/C11H18N4O/c1-2-12-7-9-4-3-5-15(9)10-6-11(16)14-8-13-10/h6,8-9,12H,2-5,7H2,1H3,(H,13,14,16). The molecular formula is C11H18N4O. The van der Waals surface area contributed by atoms with Crippen molar-refractivity contribution in [1.29, 1.82) is 0 Å². The molecule has 2 rings (SSSR count). The van der Waals surface area contributed by atoms with Gasteiger partial charge in [-0.05, 0) is 19.4 Å². The van der Waals surface area contributed by atoms with Crippen molar-refractivity contribution in [1.82, 2.24) is 15.3 Å². The maximum absolute atomic E-state index is 11.2. The summed E-state index contributed by atoms with van der Waals surface area (Å²) in [6, 6.07) is 2.04. The molecule has 0 saturated carbocycles. The van der Waals surface area contributed by atoms with Crippen LogP contribution in [-0.2, 0) is 0 Å². The Kier molecular flexibility index (Phi) is 3.56. The van der Waals surface area contributed by atoms with E-state index in [1.165, 1.54) is 19.2 Å². The van der Waals surface area contributed by atoms with Crippen LogP contribution in [-0.4, -0.2) is 35.6 Å². The van der Waals surface area contributed by atoms with Crippen LogP contribution in [0.15, 0.2) is 17.2 Å². The van der Waals surface area contributed by atoms with Crippen molar-refractivity contribution in [2.45, 2.75) is 25.8 Å². The van der Waals surface area contributed by atoms with Gasteiger partial charge in [0, 0.05) is 25.2 Å². The highest BCUT2D eigenvalue weighted by Crippen LogP contribution is 2.21. The number of anilines is 1. The lowest BCUT2D eigenvalue weighted by Gasteiger charge is -2.25. The first-order valence-electron chi connectivity index (χ1n) is 5.83. The van der Waals surface area contributed by atoms with Crippen LogP contribution < -0.4 is 15.8 Å². The van der Waals surface area contributed by atoms with E-state index in [-0.39, 0.29) is 5.56 Å². The number of rotatable bonds is 4. The molecule has 0 amide bonds. The number of aromatic amines is 1. The summed E-state index contributed by atoms with van der Waals surface area (Å²) in [6.07, 6.45) is 3.81. The summed E-state index contributed by atoms with van der Waals surface area (Å²) in [4.78, 5) is 20.2. The van der Waals surface area contributed by atoms with Gasteiger partial charge in [0.15, 0.2) is 0 Å². The molecule has 16 heavy (non-hydrogen) atoms. The van der Waals surface area contributed by atoms with Crippen LogP contribution in [0.3, 0.4) is 0 Å². The zero-order chi connectivity index (χ0) is 11.4. The number of nitrogens with zero attached hydrogens (tertiary/aromatic N) is 2. The molecule has 1 saturated heterocycles. The van der Waals surface area contributed by atoms with Gasteiger partial charge in [-0.15, -0.1) is 0 Å². The number of nitrogens with one attached hydrogen (secondary N) is 2. The second kappa shape index (κ2) is 5.12. The molecule has 1 aliphatic rings. The Bertz CT molecular complexity index is 390. The predicted molar refractivity (Wildman–Crippen MR) is 63.8 cm³/mol. The predicted octanol–water partition coefficient (Wildman–Crippen LogP) is 0.348. The van der Waals surface area contributed by atoms with E-state index in [2.05, 4.69) is 27.1 Å². The number of likely N-dealkylation sites (N-methyl/N-ethyl adjacent to an activating group) is 1. The Labute approximate surface area is 94.9 Å². The molecule has 5 nitrogen and oxygen atoms in total. The monoisotopic (exact) mass is 222 g/mol. The molecule has 0 aliphatic carbocycles. The van der Waals surface area contributed by atoms with Crippen LogP contribution in [0.1, 0.15) is 19.8 Å².